The summed E-state index contributed by atoms with van der Waals surface area (Å²) in [5.41, 5.74) is 1.10. The average molecular weight is 459 g/mol. The molecule has 3 aromatic rings. The third kappa shape index (κ3) is 4.64. The maximum Gasteiger partial charge on any atom is 0.233 e. The Morgan fingerprint density at radius 1 is 1.23 bits per heavy atom. The van der Waals surface area contributed by atoms with Crippen molar-refractivity contribution in [3.8, 4) is 11.5 Å². The van der Waals surface area contributed by atoms with Crippen molar-refractivity contribution in [3.05, 3.63) is 47.9 Å². The Balaban J connectivity index is 1.17. The smallest absolute Gasteiger partial charge is 0.233 e. The largest absolute Gasteiger partial charge is 0.486 e. The summed E-state index contributed by atoms with van der Waals surface area (Å²) in [7, 11) is 0. The van der Waals surface area contributed by atoms with Crippen molar-refractivity contribution in [3.63, 3.8) is 0 Å². The summed E-state index contributed by atoms with van der Waals surface area (Å²) in [4.78, 5) is 14.9. The van der Waals surface area contributed by atoms with Crippen LogP contribution in [-0.4, -0.2) is 46.5 Å². The molecule has 0 radical (unpaired) electrons. The summed E-state index contributed by atoms with van der Waals surface area (Å²) < 4.78 is 17.4. The van der Waals surface area contributed by atoms with E-state index in [1.165, 1.54) is 23.1 Å². The fraction of sp³-hybridized carbons (Fsp3) is 0.381. The molecular weight excluding hydrogens is 436 g/mol. The Morgan fingerprint density at radius 2 is 2.13 bits per heavy atom. The van der Waals surface area contributed by atoms with E-state index in [9.17, 15) is 4.79 Å². The summed E-state index contributed by atoms with van der Waals surface area (Å²) in [5, 5.41) is 12.2. The van der Waals surface area contributed by atoms with Gasteiger partial charge in [-0.2, -0.15) is 0 Å². The molecule has 31 heavy (non-hydrogen) atoms. The van der Waals surface area contributed by atoms with Crippen LogP contribution in [0.5, 0.6) is 11.5 Å². The molecule has 4 heterocycles. The zero-order valence-corrected chi connectivity index (χ0v) is 18.4. The fourth-order valence-corrected chi connectivity index (χ4v) is 5.43. The van der Waals surface area contributed by atoms with Gasteiger partial charge in [0.25, 0.3) is 0 Å². The maximum atomic E-state index is 13.0. The number of nitrogens with zero attached hydrogens (tertiary/aromatic N) is 3. The topological polar surface area (TPSA) is 89.7 Å². The van der Waals surface area contributed by atoms with E-state index in [1.807, 2.05) is 35.2 Å². The number of fused-ring (bicyclic) bond motifs is 1. The van der Waals surface area contributed by atoms with E-state index in [0.717, 1.165) is 46.5 Å². The van der Waals surface area contributed by atoms with Gasteiger partial charge >= 0.3 is 0 Å². The third-order valence-electron chi connectivity index (χ3n) is 5.24. The van der Waals surface area contributed by atoms with Crippen molar-refractivity contribution in [2.24, 2.45) is 0 Å². The molecule has 0 bridgehead atoms. The van der Waals surface area contributed by atoms with Gasteiger partial charge in [0.2, 0.25) is 11.0 Å². The molecule has 10 heteroatoms. The first-order valence-corrected chi connectivity index (χ1v) is 12.0. The van der Waals surface area contributed by atoms with E-state index < -0.39 is 0 Å². The number of nitrogens with one attached hydrogen (secondary N) is 1. The Hall–Kier alpha value is -2.72. The molecule has 1 N–H and O–H groups in total. The number of thioether (sulfide) groups is 1. The van der Waals surface area contributed by atoms with Crippen LogP contribution < -0.4 is 14.8 Å². The molecule has 2 aliphatic heterocycles. The summed E-state index contributed by atoms with van der Waals surface area (Å²) in [6.07, 6.45) is 3.59. The first-order chi connectivity index (χ1) is 15.3. The van der Waals surface area contributed by atoms with Gasteiger partial charge in [0.15, 0.2) is 15.8 Å². The van der Waals surface area contributed by atoms with Crippen LogP contribution >= 0.6 is 23.1 Å². The Morgan fingerprint density at radius 3 is 3.00 bits per heavy atom. The van der Waals surface area contributed by atoms with Crippen LogP contribution in [0.1, 0.15) is 30.2 Å². The molecule has 1 atom stereocenters. The number of likely N-dealkylation sites (tertiary alicyclic amines) is 1. The lowest BCUT2D eigenvalue weighted by Crippen LogP contribution is -2.32. The van der Waals surface area contributed by atoms with Gasteiger partial charge in [0, 0.05) is 6.54 Å². The van der Waals surface area contributed by atoms with Gasteiger partial charge in [-0.05, 0) is 42.7 Å². The average Bonchev–Trinajstić information content (AvgIpc) is 3.57. The van der Waals surface area contributed by atoms with Gasteiger partial charge < -0.3 is 24.1 Å². The monoisotopic (exact) mass is 458 g/mol. The number of benzene rings is 1. The highest BCUT2D eigenvalue weighted by Crippen LogP contribution is 2.38. The van der Waals surface area contributed by atoms with Gasteiger partial charge in [0.1, 0.15) is 19.0 Å². The summed E-state index contributed by atoms with van der Waals surface area (Å²) in [6, 6.07) is 9.82. The van der Waals surface area contributed by atoms with Crippen molar-refractivity contribution < 1.29 is 18.7 Å². The Kier molecular flexibility index (Phi) is 5.99. The molecule has 0 aliphatic carbocycles. The minimum absolute atomic E-state index is 0.0730. The van der Waals surface area contributed by atoms with E-state index >= 15 is 0 Å². The minimum Gasteiger partial charge on any atom is -0.486 e. The molecule has 2 aliphatic rings. The van der Waals surface area contributed by atoms with E-state index in [1.54, 1.807) is 6.26 Å². The lowest BCUT2D eigenvalue weighted by molar-refractivity contribution is -0.129. The highest BCUT2D eigenvalue weighted by molar-refractivity contribution is 8.01. The molecule has 1 fully saturated rings. The number of anilines is 1. The van der Waals surface area contributed by atoms with Gasteiger partial charge in [-0.25, -0.2) is 0 Å². The number of rotatable bonds is 7. The number of carbonyl (C=O) groups is 1. The molecule has 1 aromatic carbocycles. The van der Waals surface area contributed by atoms with E-state index in [4.69, 9.17) is 13.9 Å². The predicted octanol–water partition coefficient (Wildman–Crippen LogP) is 3.97. The molecule has 2 aromatic heterocycles. The molecule has 1 amide bonds. The number of hydrogen-bond acceptors (Lipinski definition) is 9. The Labute approximate surface area is 187 Å². The van der Waals surface area contributed by atoms with Crippen molar-refractivity contribution in [2.75, 3.05) is 30.8 Å². The number of amides is 1. The zero-order chi connectivity index (χ0) is 21.0. The van der Waals surface area contributed by atoms with Crippen molar-refractivity contribution in [2.45, 2.75) is 29.8 Å². The number of ether oxygens (including phenoxy) is 2. The summed E-state index contributed by atoms with van der Waals surface area (Å²) >= 11 is 2.86. The van der Waals surface area contributed by atoms with E-state index in [-0.39, 0.29) is 11.9 Å². The van der Waals surface area contributed by atoms with Gasteiger partial charge in [-0.3, -0.25) is 4.79 Å². The quantitative estimate of drug-likeness (QED) is 0.532. The first-order valence-electron chi connectivity index (χ1n) is 10.2. The Bertz CT molecular complexity index is 1040. The molecule has 0 spiro atoms. The SMILES string of the molecule is O=C(CSc1nnc(NCc2ccco2)s1)N1CCC[C@@H]1c1ccc2c(c1)OCCO2. The lowest BCUT2D eigenvalue weighted by atomic mass is 10.0. The number of furan rings is 1. The highest BCUT2D eigenvalue weighted by Gasteiger charge is 2.31. The minimum atomic E-state index is 0.0730. The van der Waals surface area contributed by atoms with E-state index in [2.05, 4.69) is 15.5 Å². The number of carbonyl (C=O) groups excluding carboxylic acids is 1. The van der Waals surface area contributed by atoms with Crippen molar-refractivity contribution in [1.82, 2.24) is 15.1 Å². The molecule has 0 unspecified atom stereocenters. The molecule has 8 nitrogen and oxygen atoms in total. The van der Waals surface area contributed by atoms with Gasteiger partial charge in [-0.15, -0.1) is 10.2 Å². The molecule has 0 saturated carbocycles. The third-order valence-corrected chi connectivity index (χ3v) is 7.24. The molecule has 162 valence electrons. The maximum absolute atomic E-state index is 13.0. The van der Waals surface area contributed by atoms with Crippen LogP contribution in [0.25, 0.3) is 0 Å². The second-order valence-electron chi connectivity index (χ2n) is 7.24. The number of aromatic nitrogens is 2. The van der Waals surface area contributed by atoms with Crippen LogP contribution in [0.15, 0.2) is 45.4 Å². The van der Waals surface area contributed by atoms with Gasteiger partial charge in [0.05, 0.1) is 24.6 Å². The van der Waals surface area contributed by atoms with Crippen molar-refractivity contribution in [1.29, 1.82) is 0 Å². The van der Waals surface area contributed by atoms with Crippen LogP contribution in [0.4, 0.5) is 5.13 Å². The molecule has 5 rings (SSSR count). The molecular formula is C21H22N4O4S2. The summed E-state index contributed by atoms with van der Waals surface area (Å²) in [6.45, 7) is 2.45. The van der Waals surface area contributed by atoms with Crippen LogP contribution in [0.2, 0.25) is 0 Å². The fourth-order valence-electron chi connectivity index (χ4n) is 3.80. The predicted molar refractivity (Wildman–Crippen MR) is 118 cm³/mol. The van der Waals surface area contributed by atoms with Crippen LogP contribution in [0, 0.1) is 0 Å². The first kappa shape index (κ1) is 20.2. The lowest BCUT2D eigenvalue weighted by Gasteiger charge is -2.26. The molecule has 1 saturated heterocycles. The van der Waals surface area contributed by atoms with Crippen LogP contribution in [-0.2, 0) is 11.3 Å². The second-order valence-corrected chi connectivity index (χ2v) is 9.44. The second kappa shape index (κ2) is 9.19. The number of hydrogen-bond donors (Lipinski definition) is 1. The van der Waals surface area contributed by atoms with Gasteiger partial charge in [-0.1, -0.05) is 29.2 Å². The van der Waals surface area contributed by atoms with Crippen molar-refractivity contribution >= 4 is 34.1 Å². The van der Waals surface area contributed by atoms with Crippen LogP contribution in [0.3, 0.4) is 0 Å². The van der Waals surface area contributed by atoms with E-state index in [0.29, 0.717) is 30.6 Å². The highest BCUT2D eigenvalue weighted by atomic mass is 32.2. The zero-order valence-electron chi connectivity index (χ0n) is 16.8. The standard InChI is InChI=1S/C21H22N4O4S2/c26-19(13-30-21-24-23-20(31-21)22-12-15-3-2-8-27-15)25-7-1-4-16(25)14-5-6-17-18(11-14)29-10-9-28-17/h2-3,5-6,8,11,16H,1,4,7,9-10,12-13H2,(H,22,23)/t16-/m1/s1. The summed E-state index contributed by atoms with van der Waals surface area (Å²) in [5.74, 6) is 2.82. The normalized spacial score (nSPS) is 17.7.